The lowest BCUT2D eigenvalue weighted by Crippen LogP contribution is -2.09. The number of benzene rings is 1. The number of hydrogen-bond acceptors (Lipinski definition) is 2. The molecule has 0 radical (unpaired) electrons. The molecular formula is C14H21FO2. The highest BCUT2D eigenvalue weighted by Crippen LogP contribution is 2.17. The van der Waals surface area contributed by atoms with Crippen LogP contribution in [0.2, 0.25) is 0 Å². The minimum Gasteiger partial charge on any atom is -0.488 e. The van der Waals surface area contributed by atoms with Gasteiger partial charge in [-0.05, 0) is 37.0 Å². The number of rotatable bonds is 7. The van der Waals surface area contributed by atoms with Crippen LogP contribution in [0, 0.1) is 18.7 Å². The molecule has 1 aromatic rings. The molecule has 0 unspecified atom stereocenters. The summed E-state index contributed by atoms with van der Waals surface area (Å²) in [5.74, 6) is 0.625. The lowest BCUT2D eigenvalue weighted by molar-refractivity contribution is 0.0913. The summed E-state index contributed by atoms with van der Waals surface area (Å²) < 4.78 is 24.0. The van der Waals surface area contributed by atoms with Crippen LogP contribution in [-0.2, 0) is 4.74 Å². The van der Waals surface area contributed by atoms with Gasteiger partial charge < -0.3 is 9.47 Å². The summed E-state index contributed by atoms with van der Waals surface area (Å²) in [5.41, 5.74) is 0.988. The maximum atomic E-state index is 13.3. The molecule has 0 saturated heterocycles. The number of ether oxygens (including phenoxy) is 2. The van der Waals surface area contributed by atoms with Gasteiger partial charge in [0, 0.05) is 6.61 Å². The van der Waals surface area contributed by atoms with Crippen molar-refractivity contribution in [3.63, 3.8) is 0 Å². The molecule has 1 aromatic carbocycles. The summed E-state index contributed by atoms with van der Waals surface area (Å²) in [5, 5.41) is 0. The molecule has 0 aliphatic heterocycles. The fourth-order valence-corrected chi connectivity index (χ4v) is 1.35. The Balaban J connectivity index is 2.20. The van der Waals surface area contributed by atoms with E-state index in [4.69, 9.17) is 9.47 Å². The van der Waals surface area contributed by atoms with Gasteiger partial charge in [0.1, 0.15) is 6.61 Å². The van der Waals surface area contributed by atoms with Crippen molar-refractivity contribution < 1.29 is 13.9 Å². The first-order chi connectivity index (χ1) is 8.09. The van der Waals surface area contributed by atoms with E-state index in [1.54, 1.807) is 12.1 Å². The van der Waals surface area contributed by atoms with Gasteiger partial charge in [-0.3, -0.25) is 0 Å². The van der Waals surface area contributed by atoms with E-state index in [0.717, 1.165) is 18.6 Å². The minimum atomic E-state index is -0.321. The first kappa shape index (κ1) is 14.0. The summed E-state index contributed by atoms with van der Waals surface area (Å²) in [4.78, 5) is 0. The zero-order chi connectivity index (χ0) is 12.7. The van der Waals surface area contributed by atoms with E-state index >= 15 is 0 Å². The molecule has 0 aliphatic carbocycles. The van der Waals surface area contributed by atoms with E-state index in [0.29, 0.717) is 24.9 Å². The van der Waals surface area contributed by atoms with Gasteiger partial charge in [-0.15, -0.1) is 0 Å². The number of aryl methyl sites for hydroxylation is 1. The van der Waals surface area contributed by atoms with Gasteiger partial charge in [-0.2, -0.15) is 0 Å². The highest BCUT2D eigenvalue weighted by Gasteiger charge is 2.02. The van der Waals surface area contributed by atoms with Crippen molar-refractivity contribution in [2.24, 2.45) is 5.92 Å². The van der Waals surface area contributed by atoms with E-state index in [1.807, 2.05) is 6.92 Å². The third kappa shape index (κ3) is 5.68. The van der Waals surface area contributed by atoms with Crippen LogP contribution in [0.15, 0.2) is 18.2 Å². The number of halogens is 1. The van der Waals surface area contributed by atoms with Crippen LogP contribution in [0.5, 0.6) is 5.75 Å². The third-order valence-electron chi connectivity index (χ3n) is 2.41. The first-order valence-corrected chi connectivity index (χ1v) is 6.06. The van der Waals surface area contributed by atoms with Gasteiger partial charge >= 0.3 is 0 Å². The zero-order valence-electron chi connectivity index (χ0n) is 10.8. The topological polar surface area (TPSA) is 18.5 Å². The van der Waals surface area contributed by atoms with Gasteiger partial charge in [0.2, 0.25) is 0 Å². The minimum absolute atomic E-state index is 0.303. The highest BCUT2D eigenvalue weighted by atomic mass is 19.1. The van der Waals surface area contributed by atoms with Crippen molar-refractivity contribution >= 4 is 0 Å². The Morgan fingerprint density at radius 1 is 1.18 bits per heavy atom. The second-order valence-corrected chi connectivity index (χ2v) is 4.58. The largest absolute Gasteiger partial charge is 0.488 e. The lowest BCUT2D eigenvalue weighted by Gasteiger charge is -2.09. The summed E-state index contributed by atoms with van der Waals surface area (Å²) in [6.07, 6.45) is 1.04. The van der Waals surface area contributed by atoms with Crippen molar-refractivity contribution in [2.45, 2.75) is 27.2 Å². The Morgan fingerprint density at radius 2 is 1.94 bits per heavy atom. The molecule has 0 atom stereocenters. The Labute approximate surface area is 103 Å². The van der Waals surface area contributed by atoms with Crippen LogP contribution in [0.25, 0.3) is 0 Å². The van der Waals surface area contributed by atoms with Gasteiger partial charge in [0.15, 0.2) is 11.6 Å². The average molecular weight is 240 g/mol. The molecule has 0 aromatic heterocycles. The first-order valence-electron chi connectivity index (χ1n) is 6.06. The summed E-state index contributed by atoms with van der Waals surface area (Å²) >= 11 is 0. The standard InChI is InChI=1S/C14H21FO2/c1-11(2)6-7-16-8-9-17-14-10-12(3)4-5-13(14)15/h4-5,10-11H,6-9H2,1-3H3. The van der Waals surface area contributed by atoms with E-state index in [-0.39, 0.29) is 5.82 Å². The van der Waals surface area contributed by atoms with Crippen LogP contribution in [0.4, 0.5) is 4.39 Å². The van der Waals surface area contributed by atoms with Crippen LogP contribution in [0.1, 0.15) is 25.8 Å². The van der Waals surface area contributed by atoms with Crippen molar-refractivity contribution in [1.82, 2.24) is 0 Å². The lowest BCUT2D eigenvalue weighted by atomic mass is 10.1. The van der Waals surface area contributed by atoms with Crippen LogP contribution in [-0.4, -0.2) is 19.8 Å². The molecule has 0 amide bonds. The molecular weight excluding hydrogens is 219 g/mol. The normalized spacial score (nSPS) is 10.9. The predicted molar refractivity (Wildman–Crippen MR) is 66.9 cm³/mol. The quantitative estimate of drug-likeness (QED) is 0.678. The Kier molecular flexibility index (Phi) is 5.98. The smallest absolute Gasteiger partial charge is 0.165 e. The molecule has 0 fully saturated rings. The Bertz CT molecular complexity index is 337. The predicted octanol–water partition coefficient (Wildman–Crippen LogP) is 3.58. The monoisotopic (exact) mass is 240 g/mol. The molecule has 0 N–H and O–H groups in total. The van der Waals surface area contributed by atoms with Gasteiger partial charge in [-0.25, -0.2) is 4.39 Å². The van der Waals surface area contributed by atoms with Crippen molar-refractivity contribution in [2.75, 3.05) is 19.8 Å². The molecule has 0 bridgehead atoms. The fourth-order valence-electron chi connectivity index (χ4n) is 1.35. The molecule has 0 heterocycles. The molecule has 3 heteroatoms. The maximum Gasteiger partial charge on any atom is 0.165 e. The fraction of sp³-hybridized carbons (Fsp3) is 0.571. The number of hydrogen-bond donors (Lipinski definition) is 0. The second-order valence-electron chi connectivity index (χ2n) is 4.58. The van der Waals surface area contributed by atoms with Crippen molar-refractivity contribution in [3.8, 4) is 5.75 Å². The van der Waals surface area contributed by atoms with Gasteiger partial charge in [0.25, 0.3) is 0 Å². The van der Waals surface area contributed by atoms with E-state index < -0.39 is 0 Å². The molecule has 1 rings (SSSR count). The summed E-state index contributed by atoms with van der Waals surface area (Å²) in [6.45, 7) is 7.84. The zero-order valence-corrected chi connectivity index (χ0v) is 10.8. The van der Waals surface area contributed by atoms with Gasteiger partial charge in [0.05, 0.1) is 6.61 Å². The second kappa shape index (κ2) is 7.28. The SMILES string of the molecule is Cc1ccc(F)c(OCCOCCC(C)C)c1. The molecule has 0 spiro atoms. The van der Waals surface area contributed by atoms with Crippen LogP contribution in [0.3, 0.4) is 0 Å². The molecule has 2 nitrogen and oxygen atoms in total. The Morgan fingerprint density at radius 3 is 2.65 bits per heavy atom. The summed E-state index contributed by atoms with van der Waals surface area (Å²) in [6, 6.07) is 4.84. The summed E-state index contributed by atoms with van der Waals surface area (Å²) in [7, 11) is 0. The highest BCUT2D eigenvalue weighted by molar-refractivity contribution is 5.29. The van der Waals surface area contributed by atoms with Crippen molar-refractivity contribution in [3.05, 3.63) is 29.6 Å². The van der Waals surface area contributed by atoms with Crippen LogP contribution < -0.4 is 4.74 Å². The Hall–Kier alpha value is -1.09. The van der Waals surface area contributed by atoms with E-state index in [1.165, 1.54) is 6.07 Å². The van der Waals surface area contributed by atoms with E-state index in [2.05, 4.69) is 13.8 Å². The third-order valence-corrected chi connectivity index (χ3v) is 2.41. The molecule has 17 heavy (non-hydrogen) atoms. The molecule has 96 valence electrons. The molecule has 0 aliphatic rings. The molecule has 0 saturated carbocycles. The van der Waals surface area contributed by atoms with Crippen LogP contribution >= 0.6 is 0 Å². The van der Waals surface area contributed by atoms with Gasteiger partial charge in [-0.1, -0.05) is 19.9 Å². The van der Waals surface area contributed by atoms with Crippen molar-refractivity contribution in [1.29, 1.82) is 0 Å². The average Bonchev–Trinajstić information content (AvgIpc) is 2.27. The van der Waals surface area contributed by atoms with E-state index in [9.17, 15) is 4.39 Å². The maximum absolute atomic E-state index is 13.3.